The van der Waals surface area contributed by atoms with Gasteiger partial charge in [0.1, 0.15) is 0 Å². The SMILES string of the molecule is CCCc1ccc(C(=O)Nc2ccccc2-c2nnn(-c3ccc(SC)cc3)n2)cc1. The lowest BCUT2D eigenvalue weighted by atomic mass is 10.1. The van der Waals surface area contributed by atoms with Crippen LogP contribution in [0.15, 0.2) is 77.7 Å². The number of nitrogens with one attached hydrogen (secondary N) is 1. The number of para-hydroxylation sites is 1. The van der Waals surface area contributed by atoms with Crippen molar-refractivity contribution in [2.24, 2.45) is 0 Å². The molecule has 0 radical (unpaired) electrons. The van der Waals surface area contributed by atoms with Crippen molar-refractivity contribution in [2.75, 3.05) is 11.6 Å². The standard InChI is InChI=1S/C24H23N5OS/c1-3-6-17-9-11-18(12-10-17)24(30)25-22-8-5-4-7-21(22)23-26-28-29(27-23)19-13-15-20(31-2)16-14-19/h4-5,7-16H,3,6H2,1-2H3,(H,25,30). The van der Waals surface area contributed by atoms with Crippen LogP contribution in [-0.4, -0.2) is 32.4 Å². The fourth-order valence-corrected chi connectivity index (χ4v) is 3.65. The maximum atomic E-state index is 12.8. The third-order valence-corrected chi connectivity index (χ3v) is 5.63. The predicted octanol–water partition coefficient (Wildman–Crippen LogP) is 5.26. The van der Waals surface area contributed by atoms with Gasteiger partial charge < -0.3 is 5.32 Å². The molecule has 1 amide bonds. The zero-order chi connectivity index (χ0) is 21.6. The van der Waals surface area contributed by atoms with E-state index in [4.69, 9.17) is 0 Å². The monoisotopic (exact) mass is 429 g/mol. The number of nitrogens with zero attached hydrogens (tertiary/aromatic N) is 4. The summed E-state index contributed by atoms with van der Waals surface area (Å²) in [5, 5.41) is 15.9. The van der Waals surface area contributed by atoms with Gasteiger partial charge in [0.2, 0.25) is 5.82 Å². The number of thioether (sulfide) groups is 1. The van der Waals surface area contributed by atoms with E-state index < -0.39 is 0 Å². The Labute approximate surface area is 185 Å². The number of hydrogen-bond donors (Lipinski definition) is 1. The minimum atomic E-state index is -0.171. The minimum absolute atomic E-state index is 0.171. The Bertz CT molecular complexity index is 1170. The largest absolute Gasteiger partial charge is 0.321 e. The lowest BCUT2D eigenvalue weighted by molar-refractivity contribution is 0.102. The predicted molar refractivity (Wildman–Crippen MR) is 125 cm³/mol. The van der Waals surface area contributed by atoms with Crippen molar-refractivity contribution < 1.29 is 4.79 Å². The summed E-state index contributed by atoms with van der Waals surface area (Å²) in [6.45, 7) is 2.14. The molecule has 0 bridgehead atoms. The summed E-state index contributed by atoms with van der Waals surface area (Å²) < 4.78 is 0. The Balaban J connectivity index is 1.56. The molecule has 0 unspecified atom stereocenters. The van der Waals surface area contributed by atoms with Crippen molar-refractivity contribution in [3.05, 3.63) is 83.9 Å². The second-order valence-electron chi connectivity index (χ2n) is 7.05. The van der Waals surface area contributed by atoms with Gasteiger partial charge in [-0.2, -0.15) is 0 Å². The van der Waals surface area contributed by atoms with Gasteiger partial charge in [-0.05, 0) is 72.0 Å². The molecule has 0 spiro atoms. The summed E-state index contributed by atoms with van der Waals surface area (Å²) in [7, 11) is 0. The molecule has 0 saturated heterocycles. The fourth-order valence-electron chi connectivity index (χ4n) is 3.24. The summed E-state index contributed by atoms with van der Waals surface area (Å²) in [5.41, 5.74) is 4.02. The van der Waals surface area contributed by atoms with Gasteiger partial charge in [-0.1, -0.05) is 37.6 Å². The van der Waals surface area contributed by atoms with Crippen LogP contribution in [0.2, 0.25) is 0 Å². The van der Waals surface area contributed by atoms with Crippen LogP contribution in [0, 0.1) is 0 Å². The molecule has 4 aromatic rings. The van der Waals surface area contributed by atoms with Gasteiger partial charge in [0.05, 0.1) is 11.4 Å². The summed E-state index contributed by atoms with van der Waals surface area (Å²) in [6.07, 6.45) is 4.12. The Morgan fingerprint density at radius 3 is 2.45 bits per heavy atom. The first-order chi connectivity index (χ1) is 15.2. The smallest absolute Gasteiger partial charge is 0.255 e. The maximum absolute atomic E-state index is 12.8. The lowest BCUT2D eigenvalue weighted by Crippen LogP contribution is -2.12. The van der Waals surface area contributed by atoms with Gasteiger partial charge in [-0.25, -0.2) is 0 Å². The maximum Gasteiger partial charge on any atom is 0.255 e. The lowest BCUT2D eigenvalue weighted by Gasteiger charge is -2.09. The normalized spacial score (nSPS) is 10.8. The molecule has 1 aromatic heterocycles. The van der Waals surface area contributed by atoms with E-state index in [2.05, 4.69) is 27.7 Å². The molecular formula is C24H23N5OS. The van der Waals surface area contributed by atoms with Crippen LogP contribution in [0.1, 0.15) is 29.3 Å². The molecule has 7 heteroatoms. The highest BCUT2D eigenvalue weighted by Gasteiger charge is 2.14. The van der Waals surface area contributed by atoms with Crippen LogP contribution >= 0.6 is 11.8 Å². The third-order valence-electron chi connectivity index (χ3n) is 4.89. The quantitative estimate of drug-likeness (QED) is 0.406. The molecule has 0 aliphatic heterocycles. The first-order valence-corrected chi connectivity index (χ1v) is 11.3. The van der Waals surface area contributed by atoms with E-state index in [0.29, 0.717) is 22.6 Å². The second-order valence-corrected chi connectivity index (χ2v) is 7.93. The fraction of sp³-hybridized carbons (Fsp3) is 0.167. The summed E-state index contributed by atoms with van der Waals surface area (Å²) >= 11 is 1.68. The Kier molecular flexibility index (Phi) is 6.43. The number of carbonyl (C=O) groups is 1. The second kappa shape index (κ2) is 9.57. The Morgan fingerprint density at radius 1 is 1.00 bits per heavy atom. The average molecular weight is 430 g/mol. The van der Waals surface area contributed by atoms with Crippen molar-refractivity contribution >= 4 is 23.4 Å². The van der Waals surface area contributed by atoms with Crippen LogP contribution in [-0.2, 0) is 6.42 Å². The zero-order valence-corrected chi connectivity index (χ0v) is 18.3. The van der Waals surface area contributed by atoms with E-state index in [1.165, 1.54) is 15.3 Å². The van der Waals surface area contributed by atoms with E-state index in [1.807, 2.05) is 79.1 Å². The Hall–Kier alpha value is -3.45. The molecule has 0 aliphatic rings. The Morgan fingerprint density at radius 2 is 1.74 bits per heavy atom. The molecule has 1 heterocycles. The number of carbonyl (C=O) groups excluding carboxylic acids is 1. The number of rotatable bonds is 7. The van der Waals surface area contributed by atoms with Crippen molar-refractivity contribution in [2.45, 2.75) is 24.7 Å². The number of amides is 1. The highest BCUT2D eigenvalue weighted by molar-refractivity contribution is 7.98. The topological polar surface area (TPSA) is 72.7 Å². The van der Waals surface area contributed by atoms with E-state index >= 15 is 0 Å². The molecule has 3 aromatic carbocycles. The van der Waals surface area contributed by atoms with Crippen molar-refractivity contribution in [1.29, 1.82) is 0 Å². The summed E-state index contributed by atoms with van der Waals surface area (Å²) in [6, 6.07) is 23.1. The van der Waals surface area contributed by atoms with Gasteiger partial charge in [0.25, 0.3) is 5.91 Å². The molecule has 4 rings (SSSR count). The third kappa shape index (κ3) is 4.83. The van der Waals surface area contributed by atoms with Gasteiger partial charge in [-0.15, -0.1) is 26.8 Å². The summed E-state index contributed by atoms with van der Waals surface area (Å²) in [4.78, 5) is 15.4. The zero-order valence-electron chi connectivity index (χ0n) is 17.4. The molecule has 31 heavy (non-hydrogen) atoms. The van der Waals surface area contributed by atoms with E-state index in [1.54, 1.807) is 11.8 Å². The van der Waals surface area contributed by atoms with E-state index in [-0.39, 0.29) is 5.91 Å². The molecule has 1 N–H and O–H groups in total. The molecule has 0 fully saturated rings. The first-order valence-electron chi connectivity index (χ1n) is 10.1. The number of aromatic nitrogens is 4. The van der Waals surface area contributed by atoms with Crippen LogP contribution in [0.25, 0.3) is 17.1 Å². The van der Waals surface area contributed by atoms with Crippen molar-refractivity contribution in [1.82, 2.24) is 20.2 Å². The first kappa shape index (κ1) is 20.8. The highest BCUT2D eigenvalue weighted by atomic mass is 32.2. The van der Waals surface area contributed by atoms with Crippen LogP contribution in [0.4, 0.5) is 5.69 Å². The molecule has 0 aliphatic carbocycles. The van der Waals surface area contributed by atoms with Crippen LogP contribution in [0.3, 0.4) is 0 Å². The number of anilines is 1. The van der Waals surface area contributed by atoms with Gasteiger partial charge in [0, 0.05) is 16.0 Å². The molecule has 6 nitrogen and oxygen atoms in total. The van der Waals surface area contributed by atoms with E-state index in [9.17, 15) is 4.79 Å². The van der Waals surface area contributed by atoms with E-state index in [0.717, 1.165) is 18.5 Å². The summed E-state index contributed by atoms with van der Waals surface area (Å²) in [5.74, 6) is 0.277. The number of hydrogen-bond acceptors (Lipinski definition) is 5. The molecule has 0 atom stereocenters. The van der Waals surface area contributed by atoms with Crippen molar-refractivity contribution in [3.63, 3.8) is 0 Å². The molecule has 0 saturated carbocycles. The van der Waals surface area contributed by atoms with Crippen LogP contribution in [0.5, 0.6) is 0 Å². The molecular weight excluding hydrogens is 406 g/mol. The minimum Gasteiger partial charge on any atom is -0.321 e. The highest BCUT2D eigenvalue weighted by Crippen LogP contribution is 2.25. The molecule has 156 valence electrons. The number of benzene rings is 3. The average Bonchev–Trinajstić information content (AvgIpc) is 3.30. The van der Waals surface area contributed by atoms with Crippen molar-refractivity contribution in [3.8, 4) is 17.1 Å². The van der Waals surface area contributed by atoms with Crippen LogP contribution < -0.4 is 5.32 Å². The number of tetrazole rings is 1. The van der Waals surface area contributed by atoms with Gasteiger partial charge in [0.15, 0.2) is 0 Å². The van der Waals surface area contributed by atoms with Gasteiger partial charge in [-0.3, -0.25) is 4.79 Å². The number of aryl methyl sites for hydroxylation is 1. The van der Waals surface area contributed by atoms with Gasteiger partial charge >= 0.3 is 0 Å².